The molecular weight excluding hydrogens is 120 g/mol. The van der Waals surface area contributed by atoms with E-state index in [4.69, 9.17) is 17.5 Å². The molecule has 0 unspecified atom stereocenters. The molecule has 0 saturated carbocycles. The molecule has 0 amide bonds. The standard InChI is InChI=1S/Mg.H2O4S.2H/c;1-5(2,3)4;;/h;(H2,1,2,3,4);;/p+1. The highest BCUT2D eigenvalue weighted by molar-refractivity contribution is 7.79. The Morgan fingerprint density at radius 3 is 1.33 bits per heavy atom. The minimum Gasteiger partial charge on any atom is -0.264 e. The van der Waals surface area contributed by atoms with Gasteiger partial charge in [0.05, 0.1) is 0 Å². The lowest BCUT2D eigenvalue weighted by atomic mass is 15.8. The van der Waals surface area contributed by atoms with Crippen molar-refractivity contribution in [3.05, 3.63) is 0 Å². The molecular formula is H5MgO4S+. The largest absolute Gasteiger partial charge is 1.00 e. The maximum absolute atomic E-state index is 8.74. The van der Waals surface area contributed by atoms with Gasteiger partial charge < -0.3 is 0 Å². The van der Waals surface area contributed by atoms with E-state index in [0.29, 0.717) is 0 Å². The zero-order valence-electron chi connectivity index (χ0n) is 3.12. The first kappa shape index (κ1) is 9.81. The fourth-order valence-electron chi connectivity index (χ4n) is 0. The first-order chi connectivity index (χ1) is 2.00. The minimum atomic E-state index is -4.67. The van der Waals surface area contributed by atoms with Crippen molar-refractivity contribution in [3.8, 4) is 0 Å². The van der Waals surface area contributed by atoms with Crippen LogP contribution in [0.3, 0.4) is 0 Å². The summed E-state index contributed by atoms with van der Waals surface area (Å²) >= 11 is 0. The van der Waals surface area contributed by atoms with E-state index in [2.05, 4.69) is 0 Å². The molecule has 0 heterocycles. The third-order valence-electron chi connectivity index (χ3n) is 0. The molecule has 0 aliphatic rings. The third kappa shape index (κ3) is 151. The summed E-state index contributed by atoms with van der Waals surface area (Å²) in [7, 11) is -4.67. The van der Waals surface area contributed by atoms with Crippen molar-refractivity contribution in [2.24, 2.45) is 0 Å². The van der Waals surface area contributed by atoms with E-state index in [0.717, 1.165) is 0 Å². The van der Waals surface area contributed by atoms with Crippen molar-refractivity contribution in [2.75, 3.05) is 0 Å². The Labute approximate surface area is 52.8 Å². The summed E-state index contributed by atoms with van der Waals surface area (Å²) in [6, 6.07) is 0. The minimum absolute atomic E-state index is 0. The molecule has 6 heavy (non-hydrogen) atoms. The molecule has 0 aromatic rings. The van der Waals surface area contributed by atoms with E-state index in [9.17, 15) is 0 Å². The van der Waals surface area contributed by atoms with Gasteiger partial charge in [-0.2, -0.15) is 8.42 Å². The zero-order chi connectivity index (χ0) is 4.50. The highest BCUT2D eigenvalue weighted by Crippen LogP contribution is 1.59. The van der Waals surface area contributed by atoms with Crippen LogP contribution in [0.4, 0.5) is 0 Å². The Morgan fingerprint density at radius 1 is 1.33 bits per heavy atom. The van der Waals surface area contributed by atoms with Crippen LogP contribution in [0.2, 0.25) is 0 Å². The molecule has 0 aliphatic carbocycles. The van der Waals surface area contributed by atoms with E-state index in [1.54, 1.807) is 0 Å². The van der Waals surface area contributed by atoms with Gasteiger partial charge in [-0.1, -0.05) is 0 Å². The molecule has 36 valence electrons. The van der Waals surface area contributed by atoms with Crippen LogP contribution in [-0.2, 0) is 10.4 Å². The lowest BCUT2D eigenvalue weighted by Crippen LogP contribution is -1.89. The van der Waals surface area contributed by atoms with Crippen LogP contribution in [0.5, 0.6) is 0 Å². The fourth-order valence-corrected chi connectivity index (χ4v) is 0. The Balaban J connectivity index is -0.0000000800. The zero-order valence-corrected chi connectivity index (χ0v) is 2.94. The van der Waals surface area contributed by atoms with Gasteiger partial charge in [0.1, 0.15) is 0 Å². The topological polar surface area (TPSA) is 74.6 Å². The molecule has 0 bridgehead atoms. The van der Waals surface area contributed by atoms with Crippen molar-refractivity contribution >= 4 is 33.5 Å². The van der Waals surface area contributed by atoms with Crippen LogP contribution < -0.4 is 0 Å². The van der Waals surface area contributed by atoms with E-state index >= 15 is 0 Å². The van der Waals surface area contributed by atoms with E-state index in [-0.39, 0.29) is 24.5 Å². The summed E-state index contributed by atoms with van der Waals surface area (Å²) in [6.07, 6.45) is 0. The van der Waals surface area contributed by atoms with Crippen LogP contribution in [-0.4, -0.2) is 40.6 Å². The molecule has 0 aromatic carbocycles. The molecule has 0 aromatic heterocycles. The van der Waals surface area contributed by atoms with Gasteiger partial charge in [0, 0.05) is 0 Å². The van der Waals surface area contributed by atoms with Crippen LogP contribution in [0, 0.1) is 0 Å². The van der Waals surface area contributed by atoms with E-state index in [1.807, 2.05) is 0 Å². The SMILES string of the molecule is O=S(=O)(O)O.[H+].[MgH2]. The van der Waals surface area contributed by atoms with Crippen molar-refractivity contribution in [1.82, 2.24) is 0 Å². The van der Waals surface area contributed by atoms with Crippen LogP contribution in [0.25, 0.3) is 0 Å². The Morgan fingerprint density at radius 2 is 1.33 bits per heavy atom. The quantitative estimate of drug-likeness (QED) is 0.307. The second-order valence-electron chi connectivity index (χ2n) is 0.448. The Bertz CT molecular complexity index is 94.9. The summed E-state index contributed by atoms with van der Waals surface area (Å²) in [5.74, 6) is 0. The normalized spacial score (nSPS) is 9.67. The van der Waals surface area contributed by atoms with Crippen molar-refractivity contribution < 1.29 is 18.9 Å². The van der Waals surface area contributed by atoms with Gasteiger partial charge in [0.25, 0.3) is 0 Å². The molecule has 0 atom stereocenters. The van der Waals surface area contributed by atoms with E-state index < -0.39 is 10.4 Å². The molecule has 0 aliphatic heterocycles. The molecule has 0 fully saturated rings. The summed E-state index contributed by atoms with van der Waals surface area (Å²) in [4.78, 5) is 0. The molecule has 6 heteroatoms. The van der Waals surface area contributed by atoms with Gasteiger partial charge in [0.2, 0.25) is 0 Å². The van der Waals surface area contributed by atoms with Gasteiger partial charge in [-0.15, -0.1) is 0 Å². The monoisotopic (exact) mass is 125 g/mol. The van der Waals surface area contributed by atoms with Crippen LogP contribution >= 0.6 is 0 Å². The van der Waals surface area contributed by atoms with Crippen molar-refractivity contribution in [1.29, 1.82) is 0 Å². The lowest BCUT2D eigenvalue weighted by molar-refractivity contribution is 0.381. The first-order valence-corrected chi connectivity index (χ1v) is 2.10. The van der Waals surface area contributed by atoms with Crippen molar-refractivity contribution in [2.45, 2.75) is 0 Å². The second-order valence-corrected chi connectivity index (χ2v) is 1.34. The van der Waals surface area contributed by atoms with Crippen LogP contribution in [0.1, 0.15) is 1.43 Å². The fraction of sp³-hybridized carbons (Fsp3) is 0. The maximum Gasteiger partial charge on any atom is 1.00 e. The van der Waals surface area contributed by atoms with Gasteiger partial charge in [-0.3, -0.25) is 9.11 Å². The number of rotatable bonds is 0. The summed E-state index contributed by atoms with van der Waals surface area (Å²) in [5, 5.41) is 0. The maximum atomic E-state index is 8.74. The number of hydrogen-bond acceptors (Lipinski definition) is 2. The molecule has 0 saturated heterocycles. The Kier molecular flexibility index (Phi) is 4.50. The third-order valence-corrected chi connectivity index (χ3v) is 0. The molecule has 2 N–H and O–H groups in total. The molecule has 0 spiro atoms. The first-order valence-electron chi connectivity index (χ1n) is 0.698. The second kappa shape index (κ2) is 2.75. The molecule has 0 rings (SSSR count). The predicted molar refractivity (Wildman–Crippen MR) is 23.8 cm³/mol. The van der Waals surface area contributed by atoms with Gasteiger partial charge >= 0.3 is 34.9 Å². The Hall–Kier alpha value is 0.636. The van der Waals surface area contributed by atoms with Gasteiger partial charge in [-0.05, 0) is 0 Å². The lowest BCUT2D eigenvalue weighted by Gasteiger charge is -1.68. The van der Waals surface area contributed by atoms with Gasteiger partial charge in [-0.25, -0.2) is 0 Å². The average Bonchev–Trinajstić information content (AvgIpc) is 0.722. The number of hydrogen-bond donors (Lipinski definition) is 2. The smallest absolute Gasteiger partial charge is 0.264 e. The summed E-state index contributed by atoms with van der Waals surface area (Å²) < 4.78 is 31.6. The van der Waals surface area contributed by atoms with Gasteiger partial charge in [0.15, 0.2) is 0 Å². The molecule has 4 nitrogen and oxygen atoms in total. The van der Waals surface area contributed by atoms with E-state index in [1.165, 1.54) is 0 Å². The van der Waals surface area contributed by atoms with Crippen LogP contribution in [0.15, 0.2) is 0 Å². The summed E-state index contributed by atoms with van der Waals surface area (Å²) in [5.41, 5.74) is 0. The highest BCUT2D eigenvalue weighted by atomic mass is 32.3. The molecule has 0 radical (unpaired) electrons. The highest BCUT2D eigenvalue weighted by Gasteiger charge is 1.84. The average molecular weight is 125 g/mol. The predicted octanol–water partition coefficient (Wildman–Crippen LogP) is -1.46. The summed E-state index contributed by atoms with van der Waals surface area (Å²) in [6.45, 7) is 0. The van der Waals surface area contributed by atoms with Crippen molar-refractivity contribution in [3.63, 3.8) is 0 Å².